The number of urea groups is 1. The lowest BCUT2D eigenvalue weighted by atomic mass is 9.92. The van der Waals surface area contributed by atoms with Gasteiger partial charge in [0.2, 0.25) is 11.8 Å². The summed E-state index contributed by atoms with van der Waals surface area (Å²) in [5, 5.41) is 7.54. The summed E-state index contributed by atoms with van der Waals surface area (Å²) in [6.45, 7) is 2.14. The molecule has 1 aliphatic heterocycles. The van der Waals surface area contributed by atoms with Gasteiger partial charge in [0, 0.05) is 18.3 Å². The minimum atomic E-state index is -1.63. The van der Waals surface area contributed by atoms with Crippen LogP contribution in [0, 0.1) is 11.6 Å². The van der Waals surface area contributed by atoms with Crippen LogP contribution in [0.2, 0.25) is 0 Å². The number of carbonyl (C=O) groups is 4. The molecule has 10 heteroatoms. The van der Waals surface area contributed by atoms with Gasteiger partial charge in [-0.2, -0.15) is 0 Å². The molecule has 0 spiro atoms. The third-order valence-electron chi connectivity index (χ3n) is 4.56. The Bertz CT molecular complexity index is 1040. The zero-order valence-electron chi connectivity index (χ0n) is 16.1. The Morgan fingerprint density at radius 3 is 2.17 bits per heavy atom. The van der Waals surface area contributed by atoms with Crippen molar-refractivity contribution in [3.05, 3.63) is 59.7 Å². The molecule has 8 nitrogen and oxygen atoms in total. The van der Waals surface area contributed by atoms with Crippen LogP contribution >= 0.6 is 0 Å². The average molecular weight is 416 g/mol. The Hall–Kier alpha value is -3.82. The van der Waals surface area contributed by atoms with Crippen molar-refractivity contribution in [1.29, 1.82) is 0 Å². The zero-order valence-corrected chi connectivity index (χ0v) is 16.1. The molecular formula is C20H18F2N4O4. The Labute approximate surface area is 170 Å². The lowest BCUT2D eigenvalue weighted by molar-refractivity contribution is -0.133. The number of amides is 5. The van der Waals surface area contributed by atoms with Gasteiger partial charge in [0.25, 0.3) is 5.91 Å². The van der Waals surface area contributed by atoms with Crippen LogP contribution in [0.25, 0.3) is 0 Å². The van der Waals surface area contributed by atoms with Gasteiger partial charge in [0.15, 0.2) is 11.6 Å². The van der Waals surface area contributed by atoms with Crippen molar-refractivity contribution in [2.75, 3.05) is 17.2 Å². The number of nitrogens with zero attached hydrogens (tertiary/aromatic N) is 1. The first-order valence-corrected chi connectivity index (χ1v) is 8.87. The second-order valence-corrected chi connectivity index (χ2v) is 6.88. The van der Waals surface area contributed by atoms with Crippen molar-refractivity contribution >= 4 is 35.1 Å². The van der Waals surface area contributed by atoms with Crippen LogP contribution < -0.4 is 16.0 Å². The summed E-state index contributed by atoms with van der Waals surface area (Å²) in [7, 11) is 0. The number of halogens is 2. The smallest absolute Gasteiger partial charge is 0.325 e. The van der Waals surface area contributed by atoms with Crippen LogP contribution in [0.1, 0.15) is 19.4 Å². The maximum absolute atomic E-state index is 13.6. The molecule has 1 saturated heterocycles. The van der Waals surface area contributed by atoms with E-state index in [0.717, 1.165) is 12.1 Å². The summed E-state index contributed by atoms with van der Waals surface area (Å²) in [5.41, 5.74) is -0.649. The highest BCUT2D eigenvalue weighted by Gasteiger charge is 2.49. The molecule has 1 heterocycles. The van der Waals surface area contributed by atoms with Crippen LogP contribution in [0.15, 0.2) is 42.5 Å². The first-order valence-electron chi connectivity index (χ1n) is 8.87. The van der Waals surface area contributed by atoms with Gasteiger partial charge in [0.05, 0.1) is 0 Å². The number of hydrogen-bond donors (Lipinski definition) is 3. The molecule has 1 atom stereocenters. The Balaban J connectivity index is 1.69. The summed E-state index contributed by atoms with van der Waals surface area (Å²) in [4.78, 5) is 49.1. The Morgan fingerprint density at radius 2 is 1.60 bits per heavy atom. The number of anilines is 2. The van der Waals surface area contributed by atoms with Crippen LogP contribution in [0.5, 0.6) is 0 Å². The summed E-state index contributed by atoms with van der Waals surface area (Å²) in [6.07, 6.45) is 0. The van der Waals surface area contributed by atoms with Gasteiger partial charge < -0.3 is 16.0 Å². The van der Waals surface area contributed by atoms with E-state index in [0.29, 0.717) is 16.3 Å². The molecule has 0 bridgehead atoms. The molecular weight excluding hydrogens is 398 g/mol. The van der Waals surface area contributed by atoms with Crippen molar-refractivity contribution in [2.45, 2.75) is 19.4 Å². The van der Waals surface area contributed by atoms with Gasteiger partial charge in [-0.15, -0.1) is 0 Å². The summed E-state index contributed by atoms with van der Waals surface area (Å²) in [5.74, 6) is -3.89. The van der Waals surface area contributed by atoms with Crippen molar-refractivity contribution in [3.63, 3.8) is 0 Å². The highest BCUT2D eigenvalue weighted by atomic mass is 19.2. The largest absolute Gasteiger partial charge is 0.326 e. The fourth-order valence-corrected chi connectivity index (χ4v) is 3.03. The van der Waals surface area contributed by atoms with E-state index in [4.69, 9.17) is 0 Å². The first kappa shape index (κ1) is 20.9. The average Bonchev–Trinajstić information content (AvgIpc) is 2.89. The molecule has 0 saturated carbocycles. The summed E-state index contributed by atoms with van der Waals surface area (Å²) >= 11 is 0. The Kier molecular flexibility index (Phi) is 5.50. The van der Waals surface area contributed by atoms with Gasteiger partial charge in [-0.1, -0.05) is 6.07 Å². The predicted molar refractivity (Wildman–Crippen MR) is 103 cm³/mol. The molecule has 156 valence electrons. The van der Waals surface area contributed by atoms with Crippen LogP contribution in [-0.4, -0.2) is 35.2 Å². The molecule has 1 unspecified atom stereocenters. The van der Waals surface area contributed by atoms with Crippen LogP contribution in [-0.2, 0) is 19.9 Å². The van der Waals surface area contributed by atoms with Crippen LogP contribution in [0.4, 0.5) is 25.0 Å². The van der Waals surface area contributed by atoms with E-state index in [-0.39, 0.29) is 11.5 Å². The maximum atomic E-state index is 13.6. The maximum Gasteiger partial charge on any atom is 0.325 e. The number of nitrogens with one attached hydrogen (secondary N) is 3. The first-order chi connectivity index (χ1) is 14.1. The molecule has 0 aromatic heterocycles. The fraction of sp³-hybridized carbons (Fsp3) is 0.200. The second-order valence-electron chi connectivity index (χ2n) is 6.88. The second kappa shape index (κ2) is 7.90. The molecule has 0 radical (unpaired) electrons. The number of benzene rings is 2. The van der Waals surface area contributed by atoms with E-state index in [2.05, 4.69) is 16.0 Å². The minimum absolute atomic E-state index is 0.0521. The van der Waals surface area contributed by atoms with E-state index in [1.165, 1.54) is 19.9 Å². The van der Waals surface area contributed by atoms with Gasteiger partial charge >= 0.3 is 6.03 Å². The van der Waals surface area contributed by atoms with Crippen LogP contribution in [0.3, 0.4) is 0 Å². The van der Waals surface area contributed by atoms with Crippen molar-refractivity contribution in [3.8, 4) is 0 Å². The highest BCUT2D eigenvalue weighted by molar-refractivity contribution is 6.10. The summed E-state index contributed by atoms with van der Waals surface area (Å²) < 4.78 is 26.8. The molecule has 5 amide bonds. The number of rotatable bonds is 5. The van der Waals surface area contributed by atoms with E-state index in [1.807, 2.05) is 0 Å². The Morgan fingerprint density at radius 1 is 1.00 bits per heavy atom. The van der Waals surface area contributed by atoms with E-state index < -0.39 is 41.6 Å². The monoisotopic (exact) mass is 416 g/mol. The summed E-state index contributed by atoms with van der Waals surface area (Å²) in [6, 6.07) is 8.28. The van der Waals surface area contributed by atoms with E-state index in [1.54, 1.807) is 24.3 Å². The molecule has 1 aliphatic rings. The lowest BCUT2D eigenvalue weighted by Crippen LogP contribution is -2.42. The molecule has 1 fully saturated rings. The van der Waals surface area contributed by atoms with Gasteiger partial charge in [-0.05, 0) is 48.9 Å². The standard InChI is InChI=1S/C20H18F2N4O4/c1-11(27)23-13-4-6-14(7-5-13)24-17(28)10-26-18(29)20(2,25-19(26)30)12-3-8-15(21)16(22)9-12/h3-9H,10H2,1-2H3,(H,23,27)(H,24,28)(H,25,30). The molecule has 3 rings (SSSR count). The number of hydrogen-bond acceptors (Lipinski definition) is 4. The highest BCUT2D eigenvalue weighted by Crippen LogP contribution is 2.29. The third kappa shape index (κ3) is 4.12. The quantitative estimate of drug-likeness (QED) is 0.650. The van der Waals surface area contributed by atoms with Gasteiger partial charge in [-0.25, -0.2) is 13.6 Å². The van der Waals surface area contributed by atoms with Gasteiger partial charge in [-0.3, -0.25) is 19.3 Å². The molecule has 0 aliphatic carbocycles. The molecule has 3 N–H and O–H groups in total. The topological polar surface area (TPSA) is 108 Å². The molecule has 30 heavy (non-hydrogen) atoms. The number of carbonyl (C=O) groups excluding carboxylic acids is 4. The minimum Gasteiger partial charge on any atom is -0.326 e. The molecule has 2 aromatic carbocycles. The van der Waals surface area contributed by atoms with Crippen molar-refractivity contribution in [2.24, 2.45) is 0 Å². The van der Waals surface area contributed by atoms with Crippen molar-refractivity contribution < 1.29 is 28.0 Å². The number of imide groups is 1. The zero-order chi connectivity index (χ0) is 22.1. The normalized spacial score (nSPS) is 18.2. The predicted octanol–water partition coefficient (Wildman–Crippen LogP) is 2.33. The van der Waals surface area contributed by atoms with E-state index >= 15 is 0 Å². The lowest BCUT2D eigenvalue weighted by Gasteiger charge is -2.22. The third-order valence-corrected chi connectivity index (χ3v) is 4.56. The van der Waals surface area contributed by atoms with Gasteiger partial charge in [0.1, 0.15) is 12.1 Å². The molecule has 2 aromatic rings. The SMILES string of the molecule is CC(=O)Nc1ccc(NC(=O)CN2C(=O)NC(C)(c3ccc(F)c(F)c3)C2=O)cc1. The van der Waals surface area contributed by atoms with E-state index in [9.17, 15) is 28.0 Å². The van der Waals surface area contributed by atoms with Crippen molar-refractivity contribution in [1.82, 2.24) is 10.2 Å². The fourth-order valence-electron chi connectivity index (χ4n) is 3.03.